The number of pyridine rings is 1. The Morgan fingerprint density at radius 2 is 1.74 bits per heavy atom. The molecule has 27 heavy (non-hydrogen) atoms. The van der Waals surface area contributed by atoms with E-state index in [4.69, 9.17) is 10.7 Å². The molecule has 2 heterocycles. The number of hydrogen-bond acceptors (Lipinski definition) is 4. The number of aromatic nitrogens is 1. The van der Waals surface area contributed by atoms with Gasteiger partial charge in [-0.3, -0.25) is 4.79 Å². The van der Waals surface area contributed by atoms with Crippen LogP contribution in [0.15, 0.2) is 36.4 Å². The molecule has 0 atom stereocenters. The van der Waals surface area contributed by atoms with E-state index in [-0.39, 0.29) is 5.91 Å². The maximum absolute atomic E-state index is 11.4. The highest BCUT2D eigenvalue weighted by molar-refractivity contribution is 6.05. The predicted octanol–water partition coefficient (Wildman–Crippen LogP) is 3.99. The van der Waals surface area contributed by atoms with E-state index in [1.807, 2.05) is 6.07 Å². The number of anilines is 2. The highest BCUT2D eigenvalue weighted by Crippen LogP contribution is 2.38. The van der Waals surface area contributed by atoms with Gasteiger partial charge in [0.15, 0.2) is 0 Å². The van der Waals surface area contributed by atoms with Crippen molar-refractivity contribution in [1.82, 2.24) is 9.88 Å². The fraction of sp³-hybridized carbons (Fsp3) is 0.273. The number of rotatable bonds is 2. The molecule has 5 nitrogen and oxygen atoms in total. The molecule has 4 rings (SSSR count). The fourth-order valence-electron chi connectivity index (χ4n) is 3.60. The quantitative estimate of drug-likeness (QED) is 0.750. The summed E-state index contributed by atoms with van der Waals surface area (Å²) in [6, 6.07) is 12.6. The van der Waals surface area contributed by atoms with E-state index in [0.29, 0.717) is 13.3 Å². The number of aryl methyl sites for hydroxylation is 2. The van der Waals surface area contributed by atoms with Crippen LogP contribution < -0.4 is 10.6 Å². The summed E-state index contributed by atoms with van der Waals surface area (Å²) in [5.74, 6) is 0.892. The maximum atomic E-state index is 11.4. The minimum absolute atomic E-state index is 0.0770. The highest BCUT2D eigenvalue weighted by Gasteiger charge is 2.27. The summed E-state index contributed by atoms with van der Waals surface area (Å²) in [6.07, 6.45) is 0. The van der Waals surface area contributed by atoms with E-state index in [1.54, 1.807) is 11.8 Å². The summed E-state index contributed by atoms with van der Waals surface area (Å²) < 4.78 is 0. The number of nitrogens with two attached hydrogens (primary N) is 1. The van der Waals surface area contributed by atoms with Crippen molar-refractivity contribution >= 4 is 28.3 Å². The third-order valence-electron chi connectivity index (χ3n) is 5.43. The van der Waals surface area contributed by atoms with Crippen molar-refractivity contribution in [3.05, 3.63) is 53.1 Å². The zero-order valence-corrected chi connectivity index (χ0v) is 16.2. The topological polar surface area (TPSA) is 62.5 Å². The molecule has 2 N–H and O–H groups in total. The molecule has 0 spiro atoms. The summed E-state index contributed by atoms with van der Waals surface area (Å²) >= 11 is 0. The van der Waals surface area contributed by atoms with Crippen LogP contribution in [-0.4, -0.2) is 29.1 Å². The molecular formula is C22H24N4O. The number of benzene rings is 2. The average molecular weight is 360 g/mol. The molecule has 3 aromatic rings. The van der Waals surface area contributed by atoms with Gasteiger partial charge in [-0.2, -0.15) is 0 Å². The second-order valence-corrected chi connectivity index (χ2v) is 7.40. The van der Waals surface area contributed by atoms with Crippen molar-refractivity contribution < 1.29 is 4.79 Å². The van der Waals surface area contributed by atoms with Crippen molar-refractivity contribution in [3.8, 4) is 11.1 Å². The van der Waals surface area contributed by atoms with Gasteiger partial charge in [-0.15, -0.1) is 0 Å². The van der Waals surface area contributed by atoms with E-state index >= 15 is 0 Å². The molecule has 1 fully saturated rings. The Balaban J connectivity index is 1.86. The van der Waals surface area contributed by atoms with Crippen molar-refractivity contribution in [2.24, 2.45) is 0 Å². The van der Waals surface area contributed by atoms with Crippen LogP contribution in [0.2, 0.25) is 0 Å². The normalized spacial score (nSPS) is 13.8. The Morgan fingerprint density at radius 3 is 2.37 bits per heavy atom. The van der Waals surface area contributed by atoms with E-state index in [9.17, 15) is 4.79 Å². The fourth-order valence-corrected chi connectivity index (χ4v) is 3.60. The summed E-state index contributed by atoms with van der Waals surface area (Å²) in [4.78, 5) is 20.1. The van der Waals surface area contributed by atoms with Crippen LogP contribution in [-0.2, 0) is 4.79 Å². The first-order chi connectivity index (χ1) is 12.8. The number of amides is 1. The SMILES string of the molecule is CC(=O)N1CN(c2cc(N)c3c(-c4ccc(C)cc4)c(C)c(C)cc3n2)C1. The lowest BCUT2D eigenvalue weighted by Gasteiger charge is -2.42. The molecule has 138 valence electrons. The van der Waals surface area contributed by atoms with Gasteiger partial charge < -0.3 is 15.5 Å². The number of hydrogen-bond donors (Lipinski definition) is 1. The minimum atomic E-state index is 0.0770. The molecule has 0 radical (unpaired) electrons. The lowest BCUT2D eigenvalue weighted by molar-refractivity contribution is -0.131. The average Bonchev–Trinajstić information content (AvgIpc) is 2.56. The smallest absolute Gasteiger partial charge is 0.222 e. The molecule has 1 aromatic heterocycles. The maximum Gasteiger partial charge on any atom is 0.222 e. The Labute approximate surface area is 159 Å². The highest BCUT2D eigenvalue weighted by atomic mass is 16.2. The lowest BCUT2D eigenvalue weighted by atomic mass is 9.91. The molecule has 1 aliphatic rings. The molecular weight excluding hydrogens is 336 g/mol. The van der Waals surface area contributed by atoms with Gasteiger partial charge in [-0.05, 0) is 49.1 Å². The van der Waals surface area contributed by atoms with Gasteiger partial charge in [0.1, 0.15) is 5.82 Å². The number of nitrogen functional groups attached to an aromatic ring is 1. The molecule has 5 heteroatoms. The molecule has 1 aliphatic heterocycles. The van der Waals surface area contributed by atoms with Crippen LogP contribution in [0, 0.1) is 20.8 Å². The number of carbonyl (C=O) groups excluding carboxylic acids is 1. The van der Waals surface area contributed by atoms with Gasteiger partial charge in [0, 0.05) is 24.1 Å². The van der Waals surface area contributed by atoms with Gasteiger partial charge in [-0.25, -0.2) is 4.98 Å². The van der Waals surface area contributed by atoms with Crippen LogP contribution in [0.1, 0.15) is 23.6 Å². The summed E-state index contributed by atoms with van der Waals surface area (Å²) in [5, 5.41) is 0.995. The van der Waals surface area contributed by atoms with E-state index in [2.05, 4.69) is 56.0 Å². The minimum Gasteiger partial charge on any atom is -0.398 e. The van der Waals surface area contributed by atoms with Crippen LogP contribution in [0.3, 0.4) is 0 Å². The van der Waals surface area contributed by atoms with Crippen molar-refractivity contribution in [3.63, 3.8) is 0 Å². The Hall–Kier alpha value is -3.08. The second-order valence-electron chi connectivity index (χ2n) is 7.40. The van der Waals surface area contributed by atoms with Crippen LogP contribution >= 0.6 is 0 Å². The van der Waals surface area contributed by atoms with Crippen molar-refractivity contribution in [1.29, 1.82) is 0 Å². The van der Waals surface area contributed by atoms with Gasteiger partial charge in [0.25, 0.3) is 0 Å². The van der Waals surface area contributed by atoms with E-state index < -0.39 is 0 Å². The molecule has 0 unspecified atom stereocenters. The van der Waals surface area contributed by atoms with Gasteiger partial charge in [-0.1, -0.05) is 29.8 Å². The number of nitrogens with zero attached hydrogens (tertiary/aromatic N) is 3. The number of fused-ring (bicyclic) bond motifs is 1. The van der Waals surface area contributed by atoms with Crippen molar-refractivity contribution in [2.75, 3.05) is 24.0 Å². The zero-order valence-electron chi connectivity index (χ0n) is 16.2. The lowest BCUT2D eigenvalue weighted by Crippen LogP contribution is -2.57. The van der Waals surface area contributed by atoms with Crippen LogP contribution in [0.25, 0.3) is 22.0 Å². The van der Waals surface area contributed by atoms with Crippen LogP contribution in [0.4, 0.5) is 11.5 Å². The third-order valence-corrected chi connectivity index (χ3v) is 5.43. The Kier molecular flexibility index (Phi) is 4.02. The molecule has 1 amide bonds. The van der Waals surface area contributed by atoms with Crippen LogP contribution in [0.5, 0.6) is 0 Å². The Bertz CT molecular complexity index is 1050. The molecule has 0 saturated carbocycles. The summed E-state index contributed by atoms with van der Waals surface area (Å²) in [7, 11) is 0. The van der Waals surface area contributed by atoms with E-state index in [0.717, 1.165) is 33.5 Å². The second kappa shape index (κ2) is 6.27. The van der Waals surface area contributed by atoms with Gasteiger partial charge in [0.2, 0.25) is 5.91 Å². The van der Waals surface area contributed by atoms with Gasteiger partial charge in [0.05, 0.1) is 18.9 Å². The standard InChI is InChI=1S/C22H24N4O/c1-13-5-7-17(8-6-13)21-15(3)14(2)9-19-22(21)18(23)10-20(24-19)26-11-25(12-26)16(4)27/h5-10H,11-12H2,1-4H3,(H2,23,24). The molecule has 2 aromatic carbocycles. The molecule has 1 saturated heterocycles. The summed E-state index contributed by atoms with van der Waals surface area (Å²) in [5.41, 5.74) is 14.1. The monoisotopic (exact) mass is 360 g/mol. The third kappa shape index (κ3) is 2.89. The summed E-state index contributed by atoms with van der Waals surface area (Å²) in [6.45, 7) is 9.03. The zero-order chi connectivity index (χ0) is 19.3. The first kappa shape index (κ1) is 17.3. The van der Waals surface area contributed by atoms with Crippen molar-refractivity contribution in [2.45, 2.75) is 27.7 Å². The van der Waals surface area contributed by atoms with E-state index in [1.165, 1.54) is 16.7 Å². The van der Waals surface area contributed by atoms with Gasteiger partial charge >= 0.3 is 0 Å². The predicted molar refractivity (Wildman–Crippen MR) is 111 cm³/mol. The first-order valence-corrected chi connectivity index (χ1v) is 9.13. The molecule has 0 aliphatic carbocycles. The first-order valence-electron chi connectivity index (χ1n) is 9.13. The Morgan fingerprint density at radius 1 is 1.07 bits per heavy atom. The largest absolute Gasteiger partial charge is 0.398 e. The molecule has 0 bridgehead atoms. The number of carbonyl (C=O) groups is 1.